The first kappa shape index (κ1) is 13.7. The Morgan fingerprint density at radius 1 is 1.35 bits per heavy atom. The Morgan fingerprint density at radius 3 is 2.85 bits per heavy atom. The fourth-order valence-electron chi connectivity index (χ4n) is 2.54. The van der Waals surface area contributed by atoms with Gasteiger partial charge in [-0.3, -0.25) is 4.90 Å². The zero-order valence-corrected chi connectivity index (χ0v) is 11.9. The molecule has 3 nitrogen and oxygen atoms in total. The molecule has 1 saturated heterocycles. The largest absolute Gasteiger partial charge is 0.396 e. The van der Waals surface area contributed by atoms with Crippen LogP contribution in [0.1, 0.15) is 12.1 Å². The third-order valence-electron chi connectivity index (χ3n) is 3.66. The van der Waals surface area contributed by atoms with E-state index >= 15 is 0 Å². The maximum Gasteiger partial charge on any atom is 0.123 e. The first-order chi connectivity index (χ1) is 9.74. The topological polar surface area (TPSA) is 36.4 Å². The van der Waals surface area contributed by atoms with Crippen LogP contribution in [0.4, 0.5) is 4.39 Å². The average Bonchev–Trinajstić information content (AvgIpc) is 3.09. The van der Waals surface area contributed by atoms with Crippen LogP contribution in [-0.4, -0.2) is 34.7 Å². The summed E-state index contributed by atoms with van der Waals surface area (Å²) in [4.78, 5) is 6.94. The third kappa shape index (κ3) is 3.06. The van der Waals surface area contributed by atoms with Crippen LogP contribution in [0.2, 0.25) is 0 Å². The van der Waals surface area contributed by atoms with Crippen LogP contribution < -0.4 is 0 Å². The van der Waals surface area contributed by atoms with Crippen molar-refractivity contribution < 1.29 is 9.50 Å². The Labute approximate surface area is 121 Å². The van der Waals surface area contributed by atoms with Crippen LogP contribution in [0.15, 0.2) is 29.6 Å². The second kappa shape index (κ2) is 5.99. The van der Waals surface area contributed by atoms with Crippen LogP contribution in [0.25, 0.3) is 10.6 Å². The molecule has 1 fully saturated rings. The molecule has 1 aliphatic heterocycles. The summed E-state index contributed by atoms with van der Waals surface area (Å²) in [5, 5.41) is 12.1. The number of aliphatic hydroxyl groups is 1. The van der Waals surface area contributed by atoms with Crippen molar-refractivity contribution in [2.75, 3.05) is 19.7 Å². The minimum atomic E-state index is -0.224. The van der Waals surface area contributed by atoms with E-state index < -0.39 is 0 Å². The van der Waals surface area contributed by atoms with E-state index in [4.69, 9.17) is 5.11 Å². The van der Waals surface area contributed by atoms with E-state index in [1.54, 1.807) is 23.5 Å². The number of hydrogen-bond donors (Lipinski definition) is 1. The normalized spacial score (nSPS) is 19.6. The van der Waals surface area contributed by atoms with E-state index in [0.29, 0.717) is 5.92 Å². The SMILES string of the molecule is OCC1CCN(Cc2csc(-c3ccc(F)cc3)n2)C1. The van der Waals surface area contributed by atoms with Crippen LogP contribution in [0, 0.1) is 11.7 Å². The van der Waals surface area contributed by atoms with Gasteiger partial charge in [0.1, 0.15) is 10.8 Å². The quantitative estimate of drug-likeness (QED) is 0.941. The van der Waals surface area contributed by atoms with Gasteiger partial charge in [0.25, 0.3) is 0 Å². The molecule has 1 aromatic heterocycles. The molecule has 1 aliphatic rings. The number of aromatic nitrogens is 1. The van der Waals surface area contributed by atoms with Crippen LogP contribution in [0.3, 0.4) is 0 Å². The summed E-state index contributed by atoms with van der Waals surface area (Å²) >= 11 is 1.59. The molecule has 5 heteroatoms. The van der Waals surface area contributed by atoms with Gasteiger partial charge in [-0.1, -0.05) is 0 Å². The highest BCUT2D eigenvalue weighted by Gasteiger charge is 2.22. The van der Waals surface area contributed by atoms with Crippen molar-refractivity contribution in [2.24, 2.45) is 5.92 Å². The molecule has 20 heavy (non-hydrogen) atoms. The van der Waals surface area contributed by atoms with E-state index in [1.807, 2.05) is 0 Å². The summed E-state index contributed by atoms with van der Waals surface area (Å²) in [5.74, 6) is 0.183. The van der Waals surface area contributed by atoms with E-state index in [-0.39, 0.29) is 12.4 Å². The van der Waals surface area contributed by atoms with Crippen molar-refractivity contribution in [3.8, 4) is 10.6 Å². The first-order valence-corrected chi connectivity index (χ1v) is 7.66. The molecule has 1 N–H and O–H groups in total. The molecular formula is C15H17FN2OS. The minimum absolute atomic E-state index is 0.224. The van der Waals surface area contributed by atoms with Crippen molar-refractivity contribution in [1.82, 2.24) is 9.88 Å². The summed E-state index contributed by atoms with van der Waals surface area (Å²) in [7, 11) is 0. The zero-order chi connectivity index (χ0) is 13.9. The summed E-state index contributed by atoms with van der Waals surface area (Å²) in [6.07, 6.45) is 1.06. The predicted molar refractivity (Wildman–Crippen MR) is 78.0 cm³/mol. The van der Waals surface area contributed by atoms with Crippen LogP contribution >= 0.6 is 11.3 Å². The lowest BCUT2D eigenvalue weighted by Gasteiger charge is -2.13. The Balaban J connectivity index is 1.66. The van der Waals surface area contributed by atoms with Gasteiger partial charge in [0.05, 0.1) is 5.69 Å². The molecule has 1 aromatic carbocycles. The summed E-state index contributed by atoms with van der Waals surface area (Å²) in [5.41, 5.74) is 2.00. The molecule has 0 bridgehead atoms. The van der Waals surface area contributed by atoms with Gasteiger partial charge in [0.15, 0.2) is 0 Å². The summed E-state index contributed by atoms with van der Waals surface area (Å²) in [6, 6.07) is 6.44. The number of nitrogens with zero attached hydrogens (tertiary/aromatic N) is 2. The molecule has 1 atom stereocenters. The fourth-order valence-corrected chi connectivity index (χ4v) is 3.36. The van der Waals surface area contributed by atoms with Crippen molar-refractivity contribution in [1.29, 1.82) is 0 Å². The van der Waals surface area contributed by atoms with Gasteiger partial charge >= 0.3 is 0 Å². The van der Waals surface area contributed by atoms with Gasteiger partial charge in [-0.15, -0.1) is 11.3 Å². The van der Waals surface area contributed by atoms with Crippen molar-refractivity contribution >= 4 is 11.3 Å². The molecule has 0 saturated carbocycles. The van der Waals surface area contributed by atoms with Gasteiger partial charge < -0.3 is 5.11 Å². The molecule has 0 radical (unpaired) electrons. The summed E-state index contributed by atoms with van der Waals surface area (Å²) in [6.45, 7) is 3.07. The highest BCUT2D eigenvalue weighted by Crippen LogP contribution is 2.25. The number of thiazole rings is 1. The highest BCUT2D eigenvalue weighted by molar-refractivity contribution is 7.13. The summed E-state index contributed by atoms with van der Waals surface area (Å²) < 4.78 is 12.9. The molecule has 2 heterocycles. The minimum Gasteiger partial charge on any atom is -0.396 e. The predicted octanol–water partition coefficient (Wildman–Crippen LogP) is 2.76. The molecular weight excluding hydrogens is 275 g/mol. The smallest absolute Gasteiger partial charge is 0.123 e. The van der Waals surface area contributed by atoms with Crippen LogP contribution in [0.5, 0.6) is 0 Å². The lowest BCUT2D eigenvalue weighted by Crippen LogP contribution is -2.21. The van der Waals surface area contributed by atoms with Gasteiger partial charge in [0.2, 0.25) is 0 Å². The molecule has 0 aliphatic carbocycles. The van der Waals surface area contributed by atoms with E-state index in [9.17, 15) is 4.39 Å². The zero-order valence-electron chi connectivity index (χ0n) is 11.1. The first-order valence-electron chi connectivity index (χ1n) is 6.78. The van der Waals surface area contributed by atoms with E-state index in [1.165, 1.54) is 12.1 Å². The highest BCUT2D eigenvalue weighted by atomic mass is 32.1. The Hall–Kier alpha value is -1.30. The number of benzene rings is 1. The Kier molecular flexibility index (Phi) is 4.10. The second-order valence-corrected chi connectivity index (χ2v) is 6.08. The van der Waals surface area contributed by atoms with Crippen molar-refractivity contribution in [3.05, 3.63) is 41.2 Å². The fraction of sp³-hybridized carbons (Fsp3) is 0.400. The number of rotatable bonds is 4. The number of likely N-dealkylation sites (tertiary alicyclic amines) is 1. The lowest BCUT2D eigenvalue weighted by molar-refractivity contribution is 0.219. The third-order valence-corrected chi connectivity index (χ3v) is 4.60. The molecule has 0 spiro atoms. The van der Waals surface area contributed by atoms with Crippen LogP contribution in [-0.2, 0) is 6.54 Å². The van der Waals surface area contributed by atoms with Gasteiger partial charge in [0, 0.05) is 30.6 Å². The van der Waals surface area contributed by atoms with E-state index in [0.717, 1.165) is 42.3 Å². The molecule has 0 amide bonds. The average molecular weight is 292 g/mol. The van der Waals surface area contributed by atoms with Gasteiger partial charge in [-0.2, -0.15) is 0 Å². The van der Waals surface area contributed by atoms with Crippen molar-refractivity contribution in [3.63, 3.8) is 0 Å². The Morgan fingerprint density at radius 2 is 2.15 bits per heavy atom. The molecule has 1 unspecified atom stereocenters. The molecule has 2 aromatic rings. The molecule has 106 valence electrons. The number of hydrogen-bond acceptors (Lipinski definition) is 4. The maximum atomic E-state index is 12.9. The van der Waals surface area contributed by atoms with Gasteiger partial charge in [-0.25, -0.2) is 9.37 Å². The molecule has 3 rings (SSSR count). The standard InChI is InChI=1S/C15H17FN2OS/c16-13-3-1-12(2-4-13)15-17-14(10-20-15)8-18-6-5-11(7-18)9-19/h1-4,10-11,19H,5-9H2. The lowest BCUT2D eigenvalue weighted by atomic mass is 10.1. The van der Waals surface area contributed by atoms with Crippen molar-refractivity contribution in [2.45, 2.75) is 13.0 Å². The maximum absolute atomic E-state index is 12.9. The Bertz CT molecular complexity index is 570. The van der Waals surface area contributed by atoms with E-state index in [2.05, 4.69) is 15.3 Å². The number of aliphatic hydroxyl groups excluding tert-OH is 1. The van der Waals surface area contributed by atoms with Gasteiger partial charge in [-0.05, 0) is 43.1 Å². The number of halogens is 1. The second-order valence-electron chi connectivity index (χ2n) is 5.22. The monoisotopic (exact) mass is 292 g/mol.